The fraction of sp³-hybridized carbons (Fsp3) is 0.235. The molecule has 0 radical (unpaired) electrons. The van der Waals surface area contributed by atoms with Gasteiger partial charge in [-0.15, -0.1) is 0 Å². The molecular formula is C17H18FNO3. The zero-order chi connectivity index (χ0) is 16.1. The van der Waals surface area contributed by atoms with E-state index in [9.17, 15) is 14.6 Å². The van der Waals surface area contributed by atoms with Gasteiger partial charge in [-0.3, -0.25) is 0 Å². The molecule has 2 aromatic carbocycles. The minimum atomic E-state index is -0.714. The monoisotopic (exact) mass is 303 g/mol. The maximum absolute atomic E-state index is 13.5. The van der Waals surface area contributed by atoms with Crippen molar-refractivity contribution in [2.24, 2.45) is 5.16 Å². The topological polar surface area (TPSA) is 73.1 Å². The molecule has 2 aromatic rings. The summed E-state index contributed by atoms with van der Waals surface area (Å²) in [6, 6.07) is 8.83. The molecule has 4 nitrogen and oxygen atoms in total. The van der Waals surface area contributed by atoms with E-state index >= 15 is 0 Å². The molecule has 2 rings (SSSR count). The van der Waals surface area contributed by atoms with Crippen LogP contribution in [-0.4, -0.2) is 21.1 Å². The van der Waals surface area contributed by atoms with Gasteiger partial charge in [-0.1, -0.05) is 30.6 Å². The number of oxime groups is 1. The van der Waals surface area contributed by atoms with Gasteiger partial charge in [0.15, 0.2) is 11.6 Å². The molecule has 0 aliphatic carbocycles. The van der Waals surface area contributed by atoms with Crippen molar-refractivity contribution in [3.63, 3.8) is 0 Å². The van der Waals surface area contributed by atoms with Crippen LogP contribution in [0.2, 0.25) is 0 Å². The van der Waals surface area contributed by atoms with Crippen LogP contribution in [0.15, 0.2) is 41.6 Å². The average Bonchev–Trinajstić information content (AvgIpc) is 2.52. The molecule has 0 fully saturated rings. The van der Waals surface area contributed by atoms with E-state index in [1.54, 1.807) is 18.2 Å². The molecule has 0 saturated carbocycles. The van der Waals surface area contributed by atoms with Crippen molar-refractivity contribution in [2.45, 2.75) is 26.2 Å². The summed E-state index contributed by atoms with van der Waals surface area (Å²) in [5.74, 6) is -1.12. The fourth-order valence-electron chi connectivity index (χ4n) is 2.22. The second kappa shape index (κ2) is 6.93. The summed E-state index contributed by atoms with van der Waals surface area (Å²) < 4.78 is 13.5. The highest BCUT2D eigenvalue weighted by atomic mass is 19.1. The molecule has 3 N–H and O–H groups in total. The predicted molar refractivity (Wildman–Crippen MR) is 83.0 cm³/mol. The summed E-state index contributed by atoms with van der Waals surface area (Å²) in [4.78, 5) is 0. The molecule has 0 bridgehead atoms. The van der Waals surface area contributed by atoms with Crippen LogP contribution in [0.1, 0.15) is 31.7 Å². The first-order chi connectivity index (χ1) is 10.6. The summed E-state index contributed by atoms with van der Waals surface area (Å²) >= 11 is 0. The van der Waals surface area contributed by atoms with Crippen LogP contribution in [0.4, 0.5) is 4.39 Å². The molecule has 0 aliphatic rings. The van der Waals surface area contributed by atoms with E-state index in [0.717, 1.165) is 12.8 Å². The first kappa shape index (κ1) is 15.8. The maximum Gasteiger partial charge on any atom is 0.165 e. The van der Waals surface area contributed by atoms with Gasteiger partial charge < -0.3 is 15.4 Å². The third kappa shape index (κ3) is 3.36. The number of unbranched alkanes of at least 4 members (excludes halogenated alkanes) is 1. The molecule has 0 heterocycles. The average molecular weight is 303 g/mol. The van der Waals surface area contributed by atoms with Crippen molar-refractivity contribution in [2.75, 3.05) is 0 Å². The third-order valence-corrected chi connectivity index (χ3v) is 3.48. The van der Waals surface area contributed by atoms with Gasteiger partial charge in [-0.25, -0.2) is 4.39 Å². The Morgan fingerprint density at radius 1 is 1.05 bits per heavy atom. The van der Waals surface area contributed by atoms with Crippen LogP contribution in [0.3, 0.4) is 0 Å². The summed E-state index contributed by atoms with van der Waals surface area (Å²) in [7, 11) is 0. The van der Waals surface area contributed by atoms with Crippen molar-refractivity contribution in [1.82, 2.24) is 0 Å². The normalized spacial score (nSPS) is 11.6. The van der Waals surface area contributed by atoms with E-state index in [-0.39, 0.29) is 5.75 Å². The standard InChI is InChI=1S/C17H18FNO3/c1-2-3-4-15(19-22)13-9-11(5-7-16(13)20)12-6-8-17(21)14(18)10-12/h5-10,20-22H,2-4H2,1H3/b19-15+. The second-order valence-corrected chi connectivity index (χ2v) is 5.05. The Labute approximate surface area is 128 Å². The van der Waals surface area contributed by atoms with Crippen LogP contribution in [0.25, 0.3) is 11.1 Å². The molecule has 116 valence electrons. The maximum atomic E-state index is 13.5. The van der Waals surface area contributed by atoms with E-state index in [1.165, 1.54) is 18.2 Å². The molecule has 0 spiro atoms. The number of nitrogens with zero attached hydrogens (tertiary/aromatic N) is 1. The van der Waals surface area contributed by atoms with Crippen LogP contribution < -0.4 is 0 Å². The Morgan fingerprint density at radius 3 is 2.27 bits per heavy atom. The Hall–Kier alpha value is -2.56. The van der Waals surface area contributed by atoms with Crippen LogP contribution in [-0.2, 0) is 0 Å². The Kier molecular flexibility index (Phi) is 4.99. The van der Waals surface area contributed by atoms with Crippen molar-refractivity contribution in [3.05, 3.63) is 47.8 Å². The lowest BCUT2D eigenvalue weighted by Crippen LogP contribution is -2.02. The van der Waals surface area contributed by atoms with Gasteiger partial charge in [0.1, 0.15) is 5.75 Å². The van der Waals surface area contributed by atoms with E-state index in [1.807, 2.05) is 6.92 Å². The summed E-state index contributed by atoms with van der Waals surface area (Å²) in [6.07, 6.45) is 2.30. The molecule has 0 aliphatic heterocycles. The predicted octanol–water partition coefficient (Wildman–Crippen LogP) is 4.27. The molecule has 0 unspecified atom stereocenters. The first-order valence-corrected chi connectivity index (χ1v) is 7.10. The number of halogens is 1. The van der Waals surface area contributed by atoms with E-state index < -0.39 is 11.6 Å². The summed E-state index contributed by atoms with van der Waals surface area (Å²) in [5, 5.41) is 31.6. The Balaban J connectivity index is 2.43. The SMILES string of the molecule is CCCC/C(=N\O)c1cc(-c2ccc(O)c(F)c2)ccc1O. The Bertz CT molecular complexity index is 698. The third-order valence-electron chi connectivity index (χ3n) is 3.48. The van der Waals surface area contributed by atoms with Crippen molar-refractivity contribution in [1.29, 1.82) is 0 Å². The fourth-order valence-corrected chi connectivity index (χ4v) is 2.22. The number of aromatic hydroxyl groups is 2. The molecule has 0 amide bonds. The highest BCUT2D eigenvalue weighted by Gasteiger charge is 2.12. The van der Waals surface area contributed by atoms with Gasteiger partial charge in [0.05, 0.1) is 5.71 Å². The zero-order valence-corrected chi connectivity index (χ0v) is 12.3. The molecule has 5 heteroatoms. The number of phenols is 2. The lowest BCUT2D eigenvalue weighted by Gasteiger charge is -2.10. The molecule has 22 heavy (non-hydrogen) atoms. The van der Waals surface area contributed by atoms with Gasteiger partial charge in [0.2, 0.25) is 0 Å². The zero-order valence-electron chi connectivity index (χ0n) is 12.3. The van der Waals surface area contributed by atoms with Gasteiger partial charge in [-0.05, 0) is 48.2 Å². The van der Waals surface area contributed by atoms with E-state index in [0.29, 0.717) is 28.8 Å². The smallest absolute Gasteiger partial charge is 0.165 e. The lowest BCUT2D eigenvalue weighted by molar-refractivity contribution is 0.317. The summed E-state index contributed by atoms with van der Waals surface area (Å²) in [5.41, 5.74) is 2.02. The number of phenolic OH excluding ortho intramolecular Hbond substituents is 2. The van der Waals surface area contributed by atoms with Gasteiger partial charge in [-0.2, -0.15) is 0 Å². The largest absolute Gasteiger partial charge is 0.507 e. The number of hydrogen-bond acceptors (Lipinski definition) is 4. The minimum Gasteiger partial charge on any atom is -0.507 e. The number of hydrogen-bond donors (Lipinski definition) is 3. The van der Waals surface area contributed by atoms with Gasteiger partial charge in [0.25, 0.3) is 0 Å². The molecule has 0 aromatic heterocycles. The Morgan fingerprint density at radius 2 is 1.68 bits per heavy atom. The van der Waals surface area contributed by atoms with E-state index in [4.69, 9.17) is 5.21 Å². The second-order valence-electron chi connectivity index (χ2n) is 5.05. The highest BCUT2D eigenvalue weighted by Crippen LogP contribution is 2.29. The number of benzene rings is 2. The highest BCUT2D eigenvalue weighted by molar-refractivity contribution is 6.03. The quantitative estimate of drug-likeness (QED) is 0.438. The summed E-state index contributed by atoms with van der Waals surface area (Å²) in [6.45, 7) is 2.02. The molecule has 0 saturated heterocycles. The van der Waals surface area contributed by atoms with Crippen molar-refractivity contribution >= 4 is 5.71 Å². The first-order valence-electron chi connectivity index (χ1n) is 7.10. The van der Waals surface area contributed by atoms with Gasteiger partial charge in [0, 0.05) is 5.56 Å². The van der Waals surface area contributed by atoms with Gasteiger partial charge >= 0.3 is 0 Å². The van der Waals surface area contributed by atoms with Crippen LogP contribution in [0, 0.1) is 5.82 Å². The van der Waals surface area contributed by atoms with Crippen LogP contribution >= 0.6 is 0 Å². The molecular weight excluding hydrogens is 285 g/mol. The van der Waals surface area contributed by atoms with E-state index in [2.05, 4.69) is 5.16 Å². The number of rotatable bonds is 5. The van der Waals surface area contributed by atoms with Crippen LogP contribution in [0.5, 0.6) is 11.5 Å². The van der Waals surface area contributed by atoms with Crippen molar-refractivity contribution < 1.29 is 19.8 Å². The minimum absolute atomic E-state index is 0.00639. The molecule has 0 atom stereocenters. The van der Waals surface area contributed by atoms with Crippen molar-refractivity contribution in [3.8, 4) is 22.6 Å². The lowest BCUT2D eigenvalue weighted by atomic mass is 9.98.